The van der Waals surface area contributed by atoms with Crippen LogP contribution < -0.4 is 11.1 Å². The van der Waals surface area contributed by atoms with Crippen LogP contribution in [0.15, 0.2) is 27.4 Å². The van der Waals surface area contributed by atoms with Crippen LogP contribution in [0.5, 0.6) is 0 Å². The summed E-state index contributed by atoms with van der Waals surface area (Å²) in [6.45, 7) is 1.70. The van der Waals surface area contributed by atoms with Gasteiger partial charge in [0.2, 0.25) is 11.8 Å². The fourth-order valence-electron chi connectivity index (χ4n) is 3.60. The highest BCUT2D eigenvalue weighted by Crippen LogP contribution is 2.17. The van der Waals surface area contributed by atoms with E-state index in [1.165, 1.54) is 4.57 Å². The van der Waals surface area contributed by atoms with Crippen LogP contribution in [0.4, 0.5) is 0 Å². The molecule has 1 unspecified atom stereocenters. The Hall–Kier alpha value is -3.10. The van der Waals surface area contributed by atoms with Crippen molar-refractivity contribution in [1.82, 2.24) is 19.7 Å². The summed E-state index contributed by atoms with van der Waals surface area (Å²) in [6, 6.07) is 4.49. The van der Waals surface area contributed by atoms with Gasteiger partial charge in [-0.2, -0.15) is 0 Å². The van der Waals surface area contributed by atoms with Gasteiger partial charge in [0, 0.05) is 45.2 Å². The molecule has 2 aliphatic rings. The zero-order chi connectivity index (χ0) is 19.1. The lowest BCUT2D eigenvalue weighted by molar-refractivity contribution is -0.135. The molecule has 1 aromatic carbocycles. The van der Waals surface area contributed by atoms with E-state index in [1.807, 2.05) is 0 Å². The molecule has 0 aliphatic carbocycles. The maximum Gasteiger partial charge on any atom is 0.419 e. The highest BCUT2D eigenvalue weighted by Gasteiger charge is 2.33. The lowest BCUT2D eigenvalue weighted by Crippen LogP contribution is -2.54. The van der Waals surface area contributed by atoms with Gasteiger partial charge in [-0.05, 0) is 24.6 Å². The van der Waals surface area contributed by atoms with Crippen molar-refractivity contribution >= 4 is 28.8 Å². The summed E-state index contributed by atoms with van der Waals surface area (Å²) in [5.74, 6) is -0.809. The van der Waals surface area contributed by atoms with Gasteiger partial charge in [0.15, 0.2) is 5.58 Å². The van der Waals surface area contributed by atoms with Crippen molar-refractivity contribution in [2.45, 2.75) is 18.9 Å². The molecule has 2 aliphatic heterocycles. The Morgan fingerprint density at radius 1 is 1.11 bits per heavy atom. The van der Waals surface area contributed by atoms with Crippen molar-refractivity contribution in [1.29, 1.82) is 0 Å². The molecule has 0 radical (unpaired) electrons. The van der Waals surface area contributed by atoms with Crippen molar-refractivity contribution in [3.8, 4) is 0 Å². The molecule has 9 nitrogen and oxygen atoms in total. The molecule has 0 spiro atoms. The molecule has 0 bridgehead atoms. The zero-order valence-electron chi connectivity index (χ0n) is 14.9. The Kier molecular flexibility index (Phi) is 4.21. The first-order valence-corrected chi connectivity index (χ1v) is 8.91. The molecule has 9 heteroatoms. The minimum absolute atomic E-state index is 0.0829. The second kappa shape index (κ2) is 6.57. The van der Waals surface area contributed by atoms with Crippen LogP contribution in [-0.2, 0) is 16.6 Å². The Morgan fingerprint density at radius 2 is 1.81 bits per heavy atom. The summed E-state index contributed by atoms with van der Waals surface area (Å²) in [7, 11) is 1.61. The number of rotatable bonds is 2. The number of oxazole rings is 1. The molecule has 0 saturated carbocycles. The van der Waals surface area contributed by atoms with Crippen LogP contribution >= 0.6 is 0 Å². The maximum absolute atomic E-state index is 12.7. The Bertz CT molecular complexity index is 983. The van der Waals surface area contributed by atoms with Crippen LogP contribution in [-0.4, -0.2) is 64.3 Å². The lowest BCUT2D eigenvalue weighted by Gasteiger charge is -2.35. The highest BCUT2D eigenvalue weighted by molar-refractivity contribution is 5.97. The largest absolute Gasteiger partial charge is 0.419 e. The topological polar surface area (TPSA) is 105 Å². The smallest absolute Gasteiger partial charge is 0.408 e. The number of carbonyl (C=O) groups excluding carboxylic acids is 3. The molecule has 1 N–H and O–H groups in total. The van der Waals surface area contributed by atoms with Gasteiger partial charge >= 0.3 is 5.76 Å². The average Bonchev–Trinajstić information content (AvgIpc) is 3.24. The molecule has 2 fully saturated rings. The van der Waals surface area contributed by atoms with Crippen molar-refractivity contribution in [2.75, 3.05) is 26.2 Å². The molecule has 3 amide bonds. The van der Waals surface area contributed by atoms with Crippen molar-refractivity contribution in [3.63, 3.8) is 0 Å². The van der Waals surface area contributed by atoms with Gasteiger partial charge in [-0.3, -0.25) is 19.0 Å². The number of aryl methyl sites for hydroxylation is 1. The molecular formula is C18H20N4O5. The number of nitrogens with one attached hydrogen (secondary N) is 1. The predicted octanol–water partition coefficient (Wildman–Crippen LogP) is -0.305. The van der Waals surface area contributed by atoms with E-state index in [1.54, 1.807) is 35.0 Å². The standard InChI is InChI=1S/C18H20N4O5/c1-20-13-4-2-11(10-14(13)27-18(20)26)16(24)21-6-8-22(9-7-21)17(25)12-3-5-15(23)19-12/h2,4,10,12H,3,5-9H2,1H3,(H,19,23). The molecule has 27 heavy (non-hydrogen) atoms. The third-order valence-electron chi connectivity index (χ3n) is 5.21. The van der Waals surface area contributed by atoms with E-state index in [4.69, 9.17) is 4.42 Å². The Labute approximate surface area is 154 Å². The molecule has 4 rings (SSSR count). The van der Waals surface area contributed by atoms with E-state index in [-0.39, 0.29) is 17.7 Å². The Balaban J connectivity index is 1.42. The third kappa shape index (κ3) is 3.09. The number of aromatic nitrogens is 1. The van der Waals surface area contributed by atoms with Crippen molar-refractivity contribution < 1.29 is 18.8 Å². The molecule has 2 aromatic rings. The maximum atomic E-state index is 12.7. The summed E-state index contributed by atoms with van der Waals surface area (Å²) < 4.78 is 6.52. The number of hydrogen-bond acceptors (Lipinski definition) is 5. The van der Waals surface area contributed by atoms with Crippen molar-refractivity contribution in [2.24, 2.45) is 7.05 Å². The minimum atomic E-state index is -0.472. The van der Waals surface area contributed by atoms with Gasteiger partial charge in [0.1, 0.15) is 6.04 Å². The van der Waals surface area contributed by atoms with Gasteiger partial charge in [0.05, 0.1) is 5.52 Å². The molecule has 1 aromatic heterocycles. The first-order chi connectivity index (χ1) is 12.9. The van der Waals surface area contributed by atoms with Gasteiger partial charge in [-0.25, -0.2) is 4.79 Å². The second-order valence-electron chi connectivity index (χ2n) is 6.89. The van der Waals surface area contributed by atoms with Crippen LogP contribution in [0.2, 0.25) is 0 Å². The highest BCUT2D eigenvalue weighted by atomic mass is 16.4. The third-order valence-corrected chi connectivity index (χ3v) is 5.21. The summed E-state index contributed by atoms with van der Waals surface area (Å²) in [6.07, 6.45) is 0.909. The normalized spacial score (nSPS) is 20.2. The fourth-order valence-corrected chi connectivity index (χ4v) is 3.60. The van der Waals surface area contributed by atoms with E-state index in [0.717, 1.165) is 0 Å². The van der Waals surface area contributed by atoms with Gasteiger partial charge in [-0.1, -0.05) is 0 Å². The van der Waals surface area contributed by atoms with Crippen LogP contribution in [0.1, 0.15) is 23.2 Å². The van der Waals surface area contributed by atoms with E-state index in [9.17, 15) is 19.2 Å². The summed E-state index contributed by atoms with van der Waals surface area (Å²) >= 11 is 0. The molecule has 2 saturated heterocycles. The molecule has 1 atom stereocenters. The van der Waals surface area contributed by atoms with Gasteiger partial charge in [0.25, 0.3) is 5.91 Å². The van der Waals surface area contributed by atoms with Gasteiger partial charge < -0.3 is 19.5 Å². The zero-order valence-corrected chi connectivity index (χ0v) is 14.9. The Morgan fingerprint density at radius 3 is 2.48 bits per heavy atom. The molecular weight excluding hydrogens is 352 g/mol. The minimum Gasteiger partial charge on any atom is -0.408 e. The molecule has 142 valence electrons. The number of carbonyl (C=O) groups is 3. The van der Waals surface area contributed by atoms with Crippen LogP contribution in [0, 0.1) is 0 Å². The summed E-state index contributed by atoms with van der Waals surface area (Å²) in [4.78, 5) is 51.4. The SMILES string of the molecule is Cn1c(=O)oc2cc(C(=O)N3CCN(C(=O)C4CCC(=O)N4)CC3)ccc21. The van der Waals surface area contributed by atoms with E-state index >= 15 is 0 Å². The average molecular weight is 372 g/mol. The number of nitrogens with zero attached hydrogens (tertiary/aromatic N) is 3. The first-order valence-electron chi connectivity index (χ1n) is 8.91. The fraction of sp³-hybridized carbons (Fsp3) is 0.444. The quantitative estimate of drug-likeness (QED) is 0.779. The monoisotopic (exact) mass is 372 g/mol. The number of fused-ring (bicyclic) bond motifs is 1. The first kappa shape index (κ1) is 17.3. The summed E-state index contributed by atoms with van der Waals surface area (Å²) in [5.41, 5.74) is 1.45. The van der Waals surface area contributed by atoms with Crippen LogP contribution in [0.3, 0.4) is 0 Å². The van der Waals surface area contributed by atoms with E-state index < -0.39 is 11.8 Å². The number of benzene rings is 1. The van der Waals surface area contributed by atoms with Crippen molar-refractivity contribution in [3.05, 3.63) is 34.3 Å². The summed E-state index contributed by atoms with van der Waals surface area (Å²) in [5, 5.41) is 2.69. The number of hydrogen-bond donors (Lipinski definition) is 1. The predicted molar refractivity (Wildman–Crippen MR) is 95.1 cm³/mol. The second-order valence-corrected chi connectivity index (χ2v) is 6.89. The van der Waals surface area contributed by atoms with E-state index in [2.05, 4.69) is 5.32 Å². The van der Waals surface area contributed by atoms with Gasteiger partial charge in [-0.15, -0.1) is 0 Å². The number of amides is 3. The molecule has 3 heterocycles. The number of piperazine rings is 1. The van der Waals surface area contributed by atoms with Crippen LogP contribution in [0.25, 0.3) is 11.1 Å². The lowest BCUT2D eigenvalue weighted by atomic mass is 10.1. The van der Waals surface area contributed by atoms with E-state index in [0.29, 0.717) is 55.7 Å².